The number of hydrogen-bond donors (Lipinski definition) is 0. The van der Waals surface area contributed by atoms with Crippen LogP contribution in [0.1, 0.15) is 20.8 Å². The summed E-state index contributed by atoms with van der Waals surface area (Å²) in [4.78, 5) is 32.8. The summed E-state index contributed by atoms with van der Waals surface area (Å²) in [5.41, 5.74) is -0.978. The lowest BCUT2D eigenvalue weighted by Gasteiger charge is -2.22. The first-order valence-corrected chi connectivity index (χ1v) is 6.02. The van der Waals surface area contributed by atoms with Crippen molar-refractivity contribution in [2.45, 2.75) is 44.6 Å². The summed E-state index contributed by atoms with van der Waals surface area (Å²) in [5.74, 6) is -1.67. The quantitative estimate of drug-likeness (QED) is 0.420. The Balaban J connectivity index is 2.76. The molecule has 0 saturated carbocycles. The summed E-state index contributed by atoms with van der Waals surface area (Å²) < 4.78 is 20.0. The van der Waals surface area contributed by atoms with Gasteiger partial charge in [-0.05, 0) is 0 Å². The monoisotopic (exact) mass is 294 g/mol. The van der Waals surface area contributed by atoms with Crippen molar-refractivity contribution in [1.82, 2.24) is 0 Å². The lowest BCUT2D eigenvalue weighted by Crippen LogP contribution is -2.40. The fraction of sp³-hybridized carbons (Fsp3) is 0.727. The number of halogens is 1. The summed E-state index contributed by atoms with van der Waals surface area (Å²) in [7, 11) is 0. The predicted molar refractivity (Wildman–Crippen MR) is 62.3 cm³/mol. The van der Waals surface area contributed by atoms with E-state index in [4.69, 9.17) is 30.5 Å². The molecule has 1 aliphatic rings. The molecule has 1 saturated heterocycles. The maximum atomic E-state index is 11.1. The van der Waals surface area contributed by atoms with Gasteiger partial charge in [-0.3, -0.25) is 14.4 Å². The van der Waals surface area contributed by atoms with Crippen molar-refractivity contribution in [2.75, 3.05) is 6.61 Å². The van der Waals surface area contributed by atoms with Crippen LogP contribution in [0.5, 0.6) is 0 Å². The van der Waals surface area contributed by atoms with Crippen LogP contribution >= 0.6 is 11.6 Å². The Morgan fingerprint density at radius 2 is 1.53 bits per heavy atom. The molecule has 1 fully saturated rings. The van der Waals surface area contributed by atoms with Crippen LogP contribution in [0.3, 0.4) is 0 Å². The number of carbonyl (C=O) groups excluding carboxylic acids is 3. The molecule has 7 nitrogen and oxygen atoms in total. The third-order valence-corrected chi connectivity index (χ3v) is 2.66. The van der Waals surface area contributed by atoms with Crippen molar-refractivity contribution in [3.8, 4) is 0 Å². The zero-order valence-electron chi connectivity index (χ0n) is 10.8. The minimum Gasteiger partial charge on any atom is -0.463 e. The van der Waals surface area contributed by atoms with Gasteiger partial charge in [-0.25, -0.2) is 0 Å². The highest BCUT2D eigenvalue weighted by Crippen LogP contribution is 2.29. The van der Waals surface area contributed by atoms with Crippen LogP contribution in [0.15, 0.2) is 0 Å². The first-order chi connectivity index (χ1) is 8.81. The van der Waals surface area contributed by atoms with Crippen LogP contribution in [-0.2, 0) is 33.3 Å². The van der Waals surface area contributed by atoms with E-state index in [9.17, 15) is 14.4 Å². The van der Waals surface area contributed by atoms with Crippen LogP contribution in [-0.4, -0.2) is 48.4 Å². The van der Waals surface area contributed by atoms with Gasteiger partial charge in [-0.15, -0.1) is 0 Å². The zero-order chi connectivity index (χ0) is 14.6. The number of ether oxygens (including phenoxy) is 4. The van der Waals surface area contributed by atoms with Gasteiger partial charge in [0.15, 0.2) is 17.8 Å². The van der Waals surface area contributed by atoms with Gasteiger partial charge in [0, 0.05) is 20.8 Å². The molecule has 8 heteroatoms. The lowest BCUT2D eigenvalue weighted by molar-refractivity contribution is -0.165. The normalized spacial score (nSPS) is 29.7. The van der Waals surface area contributed by atoms with Crippen LogP contribution in [0.25, 0.3) is 0 Å². The number of esters is 3. The summed E-state index contributed by atoms with van der Waals surface area (Å²) in [5, 5.41) is 0. The third kappa shape index (κ3) is 4.68. The van der Waals surface area contributed by atoms with Gasteiger partial charge in [-0.1, -0.05) is 11.6 Å². The topological polar surface area (TPSA) is 88.1 Å². The van der Waals surface area contributed by atoms with Gasteiger partial charge >= 0.3 is 17.9 Å². The first-order valence-electron chi connectivity index (χ1n) is 5.58. The van der Waals surface area contributed by atoms with Crippen molar-refractivity contribution >= 4 is 29.5 Å². The SMILES string of the molecule is CC(=O)OC[C@H]1O[C@@H](Cl)C(OC(C)=O)[C@H]1OC(C)=O. The molecular weight excluding hydrogens is 280 g/mol. The molecule has 0 aromatic carbocycles. The minimum atomic E-state index is -0.978. The van der Waals surface area contributed by atoms with Gasteiger partial charge in [0.2, 0.25) is 0 Å². The van der Waals surface area contributed by atoms with Crippen LogP contribution in [0, 0.1) is 0 Å². The number of carbonyl (C=O) groups is 3. The first kappa shape index (κ1) is 15.7. The Hall–Kier alpha value is -1.34. The van der Waals surface area contributed by atoms with Crippen molar-refractivity contribution in [1.29, 1.82) is 0 Å². The summed E-state index contributed by atoms with van der Waals surface area (Å²) in [6.45, 7) is 3.49. The van der Waals surface area contributed by atoms with Crippen molar-refractivity contribution < 1.29 is 33.3 Å². The van der Waals surface area contributed by atoms with E-state index in [0.29, 0.717) is 0 Å². The highest BCUT2D eigenvalue weighted by Gasteiger charge is 2.48. The van der Waals surface area contributed by atoms with E-state index in [2.05, 4.69) is 0 Å². The van der Waals surface area contributed by atoms with Crippen LogP contribution < -0.4 is 0 Å². The molecule has 0 aromatic heterocycles. The molecule has 1 heterocycles. The average Bonchev–Trinajstić information content (AvgIpc) is 2.53. The molecule has 4 atom stereocenters. The summed E-state index contributed by atoms with van der Waals surface area (Å²) >= 11 is 5.88. The van der Waals surface area contributed by atoms with Crippen molar-refractivity contribution in [3.05, 3.63) is 0 Å². The molecule has 0 N–H and O–H groups in total. The molecule has 0 spiro atoms. The highest BCUT2D eigenvalue weighted by molar-refractivity contribution is 6.20. The maximum Gasteiger partial charge on any atom is 0.303 e. The molecule has 0 bridgehead atoms. The average molecular weight is 295 g/mol. The van der Waals surface area contributed by atoms with Gasteiger partial charge in [-0.2, -0.15) is 0 Å². The largest absolute Gasteiger partial charge is 0.463 e. The maximum absolute atomic E-state index is 11.1. The van der Waals surface area contributed by atoms with Gasteiger partial charge < -0.3 is 18.9 Å². The van der Waals surface area contributed by atoms with Crippen LogP contribution in [0.4, 0.5) is 0 Å². The van der Waals surface area contributed by atoms with Gasteiger partial charge in [0.1, 0.15) is 12.7 Å². The fourth-order valence-electron chi connectivity index (χ4n) is 1.66. The number of rotatable bonds is 4. The lowest BCUT2D eigenvalue weighted by atomic mass is 10.1. The molecule has 108 valence electrons. The second-order valence-electron chi connectivity index (χ2n) is 3.98. The van der Waals surface area contributed by atoms with E-state index in [1.54, 1.807) is 0 Å². The Kier molecular flexibility index (Phi) is 5.56. The van der Waals surface area contributed by atoms with E-state index < -0.39 is 41.8 Å². The van der Waals surface area contributed by atoms with Crippen molar-refractivity contribution in [3.63, 3.8) is 0 Å². The third-order valence-electron chi connectivity index (χ3n) is 2.31. The molecular formula is C11H15ClO7. The van der Waals surface area contributed by atoms with E-state index in [0.717, 1.165) is 0 Å². The van der Waals surface area contributed by atoms with E-state index in [-0.39, 0.29) is 6.61 Å². The fourth-order valence-corrected chi connectivity index (χ4v) is 1.99. The van der Waals surface area contributed by atoms with Crippen molar-refractivity contribution in [2.24, 2.45) is 0 Å². The minimum absolute atomic E-state index is 0.145. The van der Waals surface area contributed by atoms with E-state index in [1.165, 1.54) is 20.8 Å². The standard InChI is InChI=1S/C11H15ClO7/c1-5(13)16-4-8-9(17-6(2)14)10(11(12)19-8)18-7(3)15/h8-11H,4H2,1-3H3/t8-,9+,10?,11-/m1/s1. The Morgan fingerprint density at radius 3 is 2.00 bits per heavy atom. The van der Waals surface area contributed by atoms with Gasteiger partial charge in [0.25, 0.3) is 0 Å². The molecule has 0 amide bonds. The molecule has 0 aromatic rings. The summed E-state index contributed by atoms with van der Waals surface area (Å²) in [6, 6.07) is 0. The molecule has 0 aliphatic carbocycles. The molecule has 1 rings (SSSR count). The molecule has 1 aliphatic heterocycles. The Labute approximate surface area is 115 Å². The number of hydrogen-bond acceptors (Lipinski definition) is 7. The molecule has 0 radical (unpaired) electrons. The zero-order valence-corrected chi connectivity index (χ0v) is 11.5. The van der Waals surface area contributed by atoms with Crippen LogP contribution in [0.2, 0.25) is 0 Å². The predicted octanol–water partition coefficient (Wildman–Crippen LogP) is 0.377. The summed E-state index contributed by atoms with van der Waals surface area (Å²) in [6.07, 6.45) is -2.63. The molecule has 1 unspecified atom stereocenters. The van der Waals surface area contributed by atoms with Gasteiger partial charge in [0.05, 0.1) is 0 Å². The smallest absolute Gasteiger partial charge is 0.303 e. The second-order valence-corrected chi connectivity index (χ2v) is 4.41. The number of alkyl halides is 1. The van der Waals surface area contributed by atoms with E-state index in [1.807, 2.05) is 0 Å². The second kappa shape index (κ2) is 6.72. The Bertz CT molecular complexity index is 370. The highest BCUT2D eigenvalue weighted by atomic mass is 35.5. The van der Waals surface area contributed by atoms with E-state index >= 15 is 0 Å². The molecule has 19 heavy (non-hydrogen) atoms. The Morgan fingerprint density at radius 1 is 1.00 bits per heavy atom.